The van der Waals surface area contributed by atoms with Crippen LogP contribution in [0.25, 0.3) is 0 Å². The zero-order chi connectivity index (χ0) is 21.9. The first-order chi connectivity index (χ1) is 14.2. The van der Waals surface area contributed by atoms with E-state index in [-0.39, 0.29) is 17.8 Å². The molecule has 0 spiro atoms. The van der Waals surface area contributed by atoms with Gasteiger partial charge in [0.05, 0.1) is 11.1 Å². The lowest BCUT2D eigenvalue weighted by Gasteiger charge is -2.19. The van der Waals surface area contributed by atoms with Crippen molar-refractivity contribution in [2.45, 2.75) is 51.0 Å². The number of benzene rings is 2. The number of aryl methyl sites for hydroxylation is 1. The smallest absolute Gasteiger partial charge is 0.306 e. The first kappa shape index (κ1) is 22.2. The summed E-state index contributed by atoms with van der Waals surface area (Å²) in [6.45, 7) is 5.89. The molecule has 2 aromatic carbocycles. The van der Waals surface area contributed by atoms with Crippen molar-refractivity contribution in [2.24, 2.45) is 0 Å². The number of ether oxygens (including phenoxy) is 1. The van der Waals surface area contributed by atoms with Crippen LogP contribution < -0.4 is 0 Å². The van der Waals surface area contributed by atoms with E-state index < -0.39 is 5.60 Å². The van der Waals surface area contributed by atoms with Crippen LogP contribution in [-0.4, -0.2) is 34.8 Å². The Labute approximate surface area is 185 Å². The van der Waals surface area contributed by atoms with Crippen LogP contribution in [-0.2, 0) is 27.7 Å². The fourth-order valence-corrected chi connectivity index (χ4v) is 3.85. The molecule has 6 heteroatoms. The molecule has 0 aliphatic carbocycles. The summed E-state index contributed by atoms with van der Waals surface area (Å²) < 4.78 is 5.39. The lowest BCUT2D eigenvalue weighted by Crippen LogP contribution is -2.31. The van der Waals surface area contributed by atoms with Crippen molar-refractivity contribution in [1.82, 2.24) is 4.90 Å². The molecule has 0 aromatic heterocycles. The Hall–Kier alpha value is -2.47. The lowest BCUT2D eigenvalue weighted by molar-refractivity contribution is -0.154. The lowest BCUT2D eigenvalue weighted by atomic mass is 10.0. The molecule has 3 rings (SSSR count). The summed E-state index contributed by atoms with van der Waals surface area (Å²) in [7, 11) is 0. The summed E-state index contributed by atoms with van der Waals surface area (Å²) in [6.07, 6.45) is 1.45. The molecule has 0 bridgehead atoms. The Morgan fingerprint density at radius 2 is 1.47 bits per heavy atom. The number of carbonyl (C=O) groups is 3. The minimum Gasteiger partial charge on any atom is -0.460 e. The topological polar surface area (TPSA) is 63.7 Å². The van der Waals surface area contributed by atoms with Gasteiger partial charge in [-0.3, -0.25) is 19.3 Å². The Morgan fingerprint density at radius 1 is 0.933 bits per heavy atom. The third kappa shape index (κ3) is 5.36. The highest BCUT2D eigenvalue weighted by atomic mass is 79.9. The first-order valence-electron chi connectivity index (χ1n) is 10.0. The number of esters is 1. The van der Waals surface area contributed by atoms with Crippen LogP contribution in [0.5, 0.6) is 0 Å². The number of rotatable bonds is 7. The highest BCUT2D eigenvalue weighted by molar-refractivity contribution is 9.08. The second-order valence-electron chi connectivity index (χ2n) is 8.44. The van der Waals surface area contributed by atoms with Gasteiger partial charge in [-0.15, -0.1) is 0 Å². The molecule has 1 heterocycles. The molecule has 158 valence electrons. The van der Waals surface area contributed by atoms with E-state index in [4.69, 9.17) is 4.74 Å². The average Bonchev–Trinajstić information content (AvgIpc) is 2.94. The predicted octanol–water partition coefficient (Wildman–Crippen LogP) is 4.69. The molecular weight excluding hydrogens is 446 g/mol. The molecule has 2 amide bonds. The maximum atomic E-state index is 12.6. The van der Waals surface area contributed by atoms with Crippen molar-refractivity contribution in [2.75, 3.05) is 6.54 Å². The van der Waals surface area contributed by atoms with Gasteiger partial charge in [-0.05, 0) is 62.4 Å². The maximum absolute atomic E-state index is 12.6. The number of amides is 2. The number of halogens is 1. The van der Waals surface area contributed by atoms with Crippen LogP contribution in [0.1, 0.15) is 64.6 Å². The normalized spacial score (nSPS) is 13.5. The molecule has 1 aliphatic rings. The van der Waals surface area contributed by atoms with Crippen LogP contribution in [0.4, 0.5) is 0 Å². The Bertz CT molecular complexity index is 942. The van der Waals surface area contributed by atoms with E-state index in [0.717, 1.165) is 16.7 Å². The van der Waals surface area contributed by atoms with Crippen molar-refractivity contribution >= 4 is 33.7 Å². The van der Waals surface area contributed by atoms with Gasteiger partial charge in [0.1, 0.15) is 5.60 Å². The van der Waals surface area contributed by atoms with Gasteiger partial charge >= 0.3 is 5.97 Å². The van der Waals surface area contributed by atoms with E-state index in [1.54, 1.807) is 24.3 Å². The quantitative estimate of drug-likeness (QED) is 0.333. The predicted molar refractivity (Wildman–Crippen MR) is 119 cm³/mol. The zero-order valence-corrected chi connectivity index (χ0v) is 19.1. The van der Waals surface area contributed by atoms with Gasteiger partial charge in [0.25, 0.3) is 11.8 Å². The molecule has 0 fully saturated rings. The molecule has 0 radical (unpaired) electrons. The second kappa shape index (κ2) is 9.13. The van der Waals surface area contributed by atoms with E-state index in [1.807, 2.05) is 26.8 Å². The monoisotopic (exact) mass is 471 g/mol. The van der Waals surface area contributed by atoms with Crippen LogP contribution >= 0.6 is 15.9 Å². The molecule has 30 heavy (non-hydrogen) atoms. The summed E-state index contributed by atoms with van der Waals surface area (Å²) in [4.78, 5) is 38.5. The second-order valence-corrected chi connectivity index (χ2v) is 9.00. The Balaban J connectivity index is 1.67. The van der Waals surface area contributed by atoms with Gasteiger partial charge in [0.15, 0.2) is 0 Å². The number of fused-ring (bicyclic) bond motifs is 1. The largest absolute Gasteiger partial charge is 0.460 e. The summed E-state index contributed by atoms with van der Waals surface area (Å²) in [5.74, 6) is -0.700. The minimum atomic E-state index is -0.494. The summed E-state index contributed by atoms with van der Waals surface area (Å²) >= 11 is 3.49. The van der Waals surface area contributed by atoms with Crippen molar-refractivity contribution in [3.8, 4) is 0 Å². The number of alkyl halides is 1. The number of nitrogens with zero attached hydrogens (tertiary/aromatic N) is 1. The number of carbonyl (C=O) groups excluding carboxylic acids is 3. The van der Waals surface area contributed by atoms with E-state index in [1.165, 1.54) is 4.90 Å². The fraction of sp³-hybridized carbons (Fsp3) is 0.375. The highest BCUT2D eigenvalue weighted by Gasteiger charge is 2.34. The molecule has 5 nitrogen and oxygen atoms in total. The van der Waals surface area contributed by atoms with E-state index >= 15 is 0 Å². The summed E-state index contributed by atoms with van der Waals surface area (Å²) in [6, 6.07) is 13.1. The van der Waals surface area contributed by atoms with Crippen LogP contribution in [0.15, 0.2) is 42.5 Å². The highest BCUT2D eigenvalue weighted by Crippen LogP contribution is 2.23. The molecule has 0 saturated carbocycles. The van der Waals surface area contributed by atoms with Crippen molar-refractivity contribution in [3.63, 3.8) is 0 Å². The standard InChI is InChI=1S/C24H26BrNO4/c1-24(2,3)30-21(27)9-8-16-12-17(14-18(13-16)15-25)10-11-26-22(28)19-6-4-5-7-20(19)23(26)29/h4-7,12-14H,8-11,15H2,1-3H3. The molecule has 0 atom stereocenters. The first-order valence-corrected chi connectivity index (χ1v) is 11.1. The average molecular weight is 472 g/mol. The van der Waals surface area contributed by atoms with Gasteiger partial charge < -0.3 is 4.74 Å². The SMILES string of the molecule is CC(C)(C)OC(=O)CCc1cc(CBr)cc(CCN2C(=O)c3ccccc3C2=O)c1. The summed E-state index contributed by atoms with van der Waals surface area (Å²) in [5, 5.41) is 0.688. The Kier molecular flexibility index (Phi) is 6.76. The van der Waals surface area contributed by atoms with Crippen LogP contribution in [0.2, 0.25) is 0 Å². The zero-order valence-electron chi connectivity index (χ0n) is 17.5. The number of imide groups is 1. The van der Waals surface area contributed by atoms with Gasteiger partial charge in [-0.1, -0.05) is 46.3 Å². The van der Waals surface area contributed by atoms with Gasteiger partial charge in [0.2, 0.25) is 0 Å². The number of hydrogen-bond donors (Lipinski definition) is 0. The Morgan fingerprint density at radius 3 is 2.00 bits per heavy atom. The van der Waals surface area contributed by atoms with Crippen LogP contribution in [0.3, 0.4) is 0 Å². The maximum Gasteiger partial charge on any atom is 0.306 e. The molecule has 1 aliphatic heterocycles. The third-order valence-corrected chi connectivity index (χ3v) is 5.45. The van der Waals surface area contributed by atoms with Gasteiger partial charge in [0, 0.05) is 18.3 Å². The molecular formula is C24H26BrNO4. The third-order valence-electron chi connectivity index (χ3n) is 4.81. The van der Waals surface area contributed by atoms with E-state index in [2.05, 4.69) is 28.1 Å². The summed E-state index contributed by atoms with van der Waals surface area (Å²) in [5.41, 5.74) is 3.60. The molecule has 0 unspecified atom stereocenters. The van der Waals surface area contributed by atoms with Crippen molar-refractivity contribution in [3.05, 3.63) is 70.3 Å². The van der Waals surface area contributed by atoms with Crippen molar-refractivity contribution in [1.29, 1.82) is 0 Å². The fourth-order valence-electron chi connectivity index (χ4n) is 3.53. The van der Waals surface area contributed by atoms with Crippen LogP contribution in [0, 0.1) is 0 Å². The number of hydrogen-bond acceptors (Lipinski definition) is 4. The van der Waals surface area contributed by atoms with Crippen molar-refractivity contribution < 1.29 is 19.1 Å². The van der Waals surface area contributed by atoms with E-state index in [0.29, 0.717) is 42.3 Å². The minimum absolute atomic E-state index is 0.223. The molecule has 0 saturated heterocycles. The van der Waals surface area contributed by atoms with Gasteiger partial charge in [-0.2, -0.15) is 0 Å². The molecule has 0 N–H and O–H groups in total. The van der Waals surface area contributed by atoms with E-state index in [9.17, 15) is 14.4 Å². The molecule has 2 aromatic rings. The van der Waals surface area contributed by atoms with Gasteiger partial charge in [-0.25, -0.2) is 0 Å².